The number of benzene rings is 2. The normalized spacial score (nSPS) is 15.6. The standard InChI is InChI=1S/C18H20F2N2O4S/c1-25-13-6-7-16(17(12-13)26-2)21-8-10-22(11-9-21)27(23,24)18-14(19)4-3-5-15(18)20/h3-7,12H,8-11H2,1-2H3. The number of methoxy groups -OCH3 is 2. The van der Waals surface area contributed by atoms with Crippen molar-refractivity contribution in [3.63, 3.8) is 0 Å². The fraction of sp³-hybridized carbons (Fsp3) is 0.333. The van der Waals surface area contributed by atoms with Crippen LogP contribution >= 0.6 is 0 Å². The smallest absolute Gasteiger partial charge is 0.249 e. The van der Waals surface area contributed by atoms with E-state index in [0.29, 0.717) is 24.6 Å². The Morgan fingerprint density at radius 3 is 2.11 bits per heavy atom. The van der Waals surface area contributed by atoms with E-state index >= 15 is 0 Å². The first-order chi connectivity index (χ1) is 12.9. The third-order valence-electron chi connectivity index (χ3n) is 4.48. The number of anilines is 1. The molecule has 2 aromatic rings. The van der Waals surface area contributed by atoms with E-state index in [2.05, 4.69) is 0 Å². The van der Waals surface area contributed by atoms with Crippen molar-refractivity contribution >= 4 is 15.7 Å². The van der Waals surface area contributed by atoms with Crippen LogP contribution in [0.15, 0.2) is 41.3 Å². The summed E-state index contributed by atoms with van der Waals surface area (Å²) in [6.07, 6.45) is 0. The van der Waals surface area contributed by atoms with Gasteiger partial charge in [-0.25, -0.2) is 17.2 Å². The molecule has 1 fully saturated rings. The van der Waals surface area contributed by atoms with E-state index in [0.717, 1.165) is 28.2 Å². The van der Waals surface area contributed by atoms with Crippen molar-refractivity contribution in [1.82, 2.24) is 4.31 Å². The lowest BCUT2D eigenvalue weighted by molar-refractivity contribution is 0.371. The van der Waals surface area contributed by atoms with Gasteiger partial charge in [0.05, 0.1) is 19.9 Å². The van der Waals surface area contributed by atoms with Gasteiger partial charge in [-0.15, -0.1) is 0 Å². The van der Waals surface area contributed by atoms with Gasteiger partial charge in [-0.2, -0.15) is 4.31 Å². The highest BCUT2D eigenvalue weighted by Gasteiger charge is 2.33. The van der Waals surface area contributed by atoms with Crippen LogP contribution in [0.1, 0.15) is 0 Å². The van der Waals surface area contributed by atoms with Crippen LogP contribution in [-0.2, 0) is 10.0 Å². The maximum absolute atomic E-state index is 13.9. The number of hydrogen-bond donors (Lipinski definition) is 0. The predicted molar refractivity (Wildman–Crippen MR) is 96.9 cm³/mol. The molecule has 1 heterocycles. The molecule has 0 N–H and O–H groups in total. The number of nitrogens with zero attached hydrogens (tertiary/aromatic N) is 2. The van der Waals surface area contributed by atoms with Gasteiger partial charge in [0, 0.05) is 32.2 Å². The van der Waals surface area contributed by atoms with Crippen LogP contribution in [0.3, 0.4) is 0 Å². The summed E-state index contributed by atoms with van der Waals surface area (Å²) in [5.74, 6) is -0.929. The second kappa shape index (κ2) is 7.69. The van der Waals surface area contributed by atoms with Gasteiger partial charge in [0.1, 0.15) is 23.1 Å². The Hall–Kier alpha value is -2.39. The van der Waals surface area contributed by atoms with Gasteiger partial charge in [-0.05, 0) is 24.3 Å². The average Bonchev–Trinajstić information content (AvgIpc) is 2.67. The molecule has 1 aliphatic rings. The first-order valence-electron chi connectivity index (χ1n) is 8.29. The molecule has 0 amide bonds. The van der Waals surface area contributed by atoms with Crippen LogP contribution in [0.25, 0.3) is 0 Å². The predicted octanol–water partition coefficient (Wildman–Crippen LogP) is 2.49. The maximum atomic E-state index is 13.9. The van der Waals surface area contributed by atoms with Crippen molar-refractivity contribution in [3.05, 3.63) is 48.0 Å². The first kappa shape index (κ1) is 19.4. The van der Waals surface area contributed by atoms with Crippen LogP contribution < -0.4 is 14.4 Å². The van der Waals surface area contributed by atoms with Crippen LogP contribution in [-0.4, -0.2) is 53.1 Å². The van der Waals surface area contributed by atoms with Crippen molar-refractivity contribution in [2.45, 2.75) is 4.90 Å². The van der Waals surface area contributed by atoms with Gasteiger partial charge in [-0.3, -0.25) is 0 Å². The quantitative estimate of drug-likeness (QED) is 0.775. The number of sulfonamides is 1. The number of hydrogen-bond acceptors (Lipinski definition) is 5. The van der Waals surface area contributed by atoms with Gasteiger partial charge in [0.25, 0.3) is 0 Å². The van der Waals surface area contributed by atoms with Crippen molar-refractivity contribution < 1.29 is 26.7 Å². The molecule has 146 valence electrons. The number of rotatable bonds is 5. The van der Waals surface area contributed by atoms with Crippen molar-refractivity contribution in [1.29, 1.82) is 0 Å². The zero-order valence-electron chi connectivity index (χ0n) is 15.0. The van der Waals surface area contributed by atoms with Gasteiger partial charge in [-0.1, -0.05) is 6.07 Å². The van der Waals surface area contributed by atoms with Crippen LogP contribution in [0.5, 0.6) is 11.5 Å². The number of ether oxygens (including phenoxy) is 2. The molecule has 3 rings (SSSR count). The molecule has 9 heteroatoms. The molecule has 0 unspecified atom stereocenters. The third kappa shape index (κ3) is 3.70. The van der Waals surface area contributed by atoms with E-state index in [1.807, 2.05) is 11.0 Å². The Labute approximate surface area is 157 Å². The Balaban J connectivity index is 1.80. The number of piperazine rings is 1. The minimum absolute atomic E-state index is 0.102. The summed E-state index contributed by atoms with van der Waals surface area (Å²) in [7, 11) is -1.15. The highest BCUT2D eigenvalue weighted by Crippen LogP contribution is 2.33. The molecular weight excluding hydrogens is 378 g/mol. The molecule has 1 aliphatic heterocycles. The van der Waals surface area contributed by atoms with E-state index in [1.165, 1.54) is 0 Å². The molecule has 0 atom stereocenters. The highest BCUT2D eigenvalue weighted by atomic mass is 32.2. The molecule has 0 bridgehead atoms. The van der Waals surface area contributed by atoms with Gasteiger partial charge in [0.2, 0.25) is 10.0 Å². The summed E-state index contributed by atoms with van der Waals surface area (Å²) < 4.78 is 64.8. The fourth-order valence-corrected chi connectivity index (χ4v) is 4.60. The van der Waals surface area contributed by atoms with Crippen LogP contribution in [0.4, 0.5) is 14.5 Å². The zero-order chi connectivity index (χ0) is 19.6. The monoisotopic (exact) mass is 398 g/mol. The molecule has 0 saturated carbocycles. The van der Waals surface area contributed by atoms with Crippen molar-refractivity contribution in [2.24, 2.45) is 0 Å². The SMILES string of the molecule is COc1ccc(N2CCN(S(=O)(=O)c3c(F)cccc3F)CC2)c(OC)c1. The molecule has 0 aliphatic carbocycles. The minimum atomic E-state index is -4.25. The lowest BCUT2D eigenvalue weighted by atomic mass is 10.2. The Morgan fingerprint density at radius 2 is 1.56 bits per heavy atom. The second-order valence-electron chi connectivity index (χ2n) is 5.98. The van der Waals surface area contributed by atoms with E-state index in [4.69, 9.17) is 9.47 Å². The van der Waals surface area contributed by atoms with Crippen molar-refractivity contribution in [3.8, 4) is 11.5 Å². The van der Waals surface area contributed by atoms with Crippen LogP contribution in [0.2, 0.25) is 0 Å². The largest absolute Gasteiger partial charge is 0.497 e. The molecular formula is C18H20F2N2O4S. The summed E-state index contributed by atoms with van der Waals surface area (Å²) in [6, 6.07) is 8.38. The van der Waals surface area contributed by atoms with Crippen LogP contribution in [0, 0.1) is 11.6 Å². The van der Waals surface area contributed by atoms with Gasteiger partial charge >= 0.3 is 0 Å². The Kier molecular flexibility index (Phi) is 5.52. The minimum Gasteiger partial charge on any atom is -0.497 e. The molecule has 0 spiro atoms. The van der Waals surface area contributed by atoms with E-state index in [1.54, 1.807) is 26.4 Å². The lowest BCUT2D eigenvalue weighted by Crippen LogP contribution is -2.49. The van der Waals surface area contributed by atoms with E-state index in [-0.39, 0.29) is 13.1 Å². The highest BCUT2D eigenvalue weighted by molar-refractivity contribution is 7.89. The second-order valence-corrected chi connectivity index (χ2v) is 7.85. The summed E-state index contributed by atoms with van der Waals surface area (Å²) in [5, 5.41) is 0. The van der Waals surface area contributed by atoms with E-state index in [9.17, 15) is 17.2 Å². The third-order valence-corrected chi connectivity index (χ3v) is 6.43. The van der Waals surface area contributed by atoms with Gasteiger partial charge in [0.15, 0.2) is 4.90 Å². The van der Waals surface area contributed by atoms with Crippen molar-refractivity contribution in [2.75, 3.05) is 45.3 Å². The molecule has 2 aromatic carbocycles. The average molecular weight is 398 g/mol. The molecule has 27 heavy (non-hydrogen) atoms. The topological polar surface area (TPSA) is 59.1 Å². The molecule has 1 saturated heterocycles. The lowest BCUT2D eigenvalue weighted by Gasteiger charge is -2.36. The molecule has 0 aromatic heterocycles. The van der Waals surface area contributed by atoms with E-state index < -0.39 is 26.6 Å². The summed E-state index contributed by atoms with van der Waals surface area (Å²) in [4.78, 5) is 1.06. The summed E-state index contributed by atoms with van der Waals surface area (Å²) in [6.45, 7) is 0.923. The maximum Gasteiger partial charge on any atom is 0.249 e. The summed E-state index contributed by atoms with van der Waals surface area (Å²) in [5.41, 5.74) is 0.799. The molecule has 6 nitrogen and oxygen atoms in total. The number of halogens is 2. The molecule has 0 radical (unpaired) electrons. The fourth-order valence-electron chi connectivity index (χ4n) is 3.07. The Morgan fingerprint density at radius 1 is 0.926 bits per heavy atom. The van der Waals surface area contributed by atoms with Gasteiger partial charge < -0.3 is 14.4 Å². The Bertz CT molecular complexity index is 909. The summed E-state index contributed by atoms with van der Waals surface area (Å²) >= 11 is 0. The first-order valence-corrected chi connectivity index (χ1v) is 9.73. The zero-order valence-corrected chi connectivity index (χ0v) is 15.8.